The molecule has 2 aliphatic heterocycles. The first-order valence-electron chi connectivity index (χ1n) is 7.61. The highest BCUT2D eigenvalue weighted by molar-refractivity contribution is 5.91. The molecule has 1 fully saturated rings. The Kier molecular flexibility index (Phi) is 4.25. The summed E-state index contributed by atoms with van der Waals surface area (Å²) in [6.45, 7) is 3.82. The molecule has 0 bridgehead atoms. The van der Waals surface area contributed by atoms with Crippen molar-refractivity contribution in [1.82, 2.24) is 0 Å². The molecule has 3 rings (SSSR count). The molecule has 4 nitrogen and oxygen atoms in total. The normalized spacial score (nSPS) is 18.9. The SMILES string of the molecule is CCOC(=O)C1=CN(C2CCOCC2)c2ccccc2C1. The third kappa shape index (κ3) is 2.95. The predicted molar refractivity (Wildman–Crippen MR) is 81.2 cm³/mol. The summed E-state index contributed by atoms with van der Waals surface area (Å²) in [5, 5.41) is 0. The zero-order chi connectivity index (χ0) is 14.7. The molecular weight excluding hydrogens is 266 g/mol. The van der Waals surface area contributed by atoms with Crippen LogP contribution in [0.3, 0.4) is 0 Å². The van der Waals surface area contributed by atoms with Crippen molar-refractivity contribution in [1.29, 1.82) is 0 Å². The molecular formula is C17H21NO3. The van der Waals surface area contributed by atoms with Crippen LogP contribution in [-0.2, 0) is 20.7 Å². The molecule has 2 heterocycles. The third-order valence-corrected chi connectivity index (χ3v) is 4.07. The first kappa shape index (κ1) is 14.1. The number of ether oxygens (including phenoxy) is 2. The Hall–Kier alpha value is -1.81. The summed E-state index contributed by atoms with van der Waals surface area (Å²) in [7, 11) is 0. The summed E-state index contributed by atoms with van der Waals surface area (Å²) in [6, 6.07) is 8.69. The van der Waals surface area contributed by atoms with Gasteiger partial charge in [-0.2, -0.15) is 0 Å². The van der Waals surface area contributed by atoms with Crippen LogP contribution in [0.15, 0.2) is 36.0 Å². The van der Waals surface area contributed by atoms with E-state index in [4.69, 9.17) is 9.47 Å². The maximum absolute atomic E-state index is 12.1. The van der Waals surface area contributed by atoms with Gasteiger partial charge in [0, 0.05) is 37.6 Å². The number of fused-ring (bicyclic) bond motifs is 1. The number of benzene rings is 1. The molecule has 0 N–H and O–H groups in total. The van der Waals surface area contributed by atoms with Crippen molar-refractivity contribution >= 4 is 11.7 Å². The van der Waals surface area contributed by atoms with E-state index in [1.165, 1.54) is 11.3 Å². The fourth-order valence-corrected chi connectivity index (χ4v) is 3.01. The van der Waals surface area contributed by atoms with Gasteiger partial charge < -0.3 is 14.4 Å². The van der Waals surface area contributed by atoms with Gasteiger partial charge in [-0.15, -0.1) is 0 Å². The van der Waals surface area contributed by atoms with Crippen molar-refractivity contribution in [3.63, 3.8) is 0 Å². The fourth-order valence-electron chi connectivity index (χ4n) is 3.01. The van der Waals surface area contributed by atoms with E-state index in [1.54, 1.807) is 0 Å². The maximum Gasteiger partial charge on any atom is 0.335 e. The van der Waals surface area contributed by atoms with Crippen molar-refractivity contribution < 1.29 is 14.3 Å². The lowest BCUT2D eigenvalue weighted by molar-refractivity contribution is -0.138. The van der Waals surface area contributed by atoms with Crippen LogP contribution in [0.1, 0.15) is 25.3 Å². The molecule has 0 radical (unpaired) electrons. The van der Waals surface area contributed by atoms with Gasteiger partial charge in [0.2, 0.25) is 0 Å². The standard InChI is InChI=1S/C17H21NO3/c1-2-21-17(19)14-11-13-5-3-4-6-16(13)18(12-14)15-7-9-20-10-8-15/h3-6,12,15H,2,7-11H2,1H3. The Balaban J connectivity index is 1.92. The van der Waals surface area contributed by atoms with Gasteiger partial charge in [0.25, 0.3) is 0 Å². The number of hydrogen-bond acceptors (Lipinski definition) is 4. The van der Waals surface area contributed by atoms with E-state index < -0.39 is 0 Å². The Labute approximate surface area is 125 Å². The van der Waals surface area contributed by atoms with E-state index in [0.29, 0.717) is 19.1 Å². The van der Waals surface area contributed by atoms with Gasteiger partial charge in [0.1, 0.15) is 0 Å². The van der Waals surface area contributed by atoms with Crippen molar-refractivity contribution in [3.8, 4) is 0 Å². The van der Waals surface area contributed by atoms with Crippen molar-refractivity contribution in [3.05, 3.63) is 41.6 Å². The van der Waals surface area contributed by atoms with Gasteiger partial charge in [-0.25, -0.2) is 4.79 Å². The summed E-state index contributed by atoms with van der Waals surface area (Å²) in [5.74, 6) is -0.205. The van der Waals surface area contributed by atoms with Crippen LogP contribution in [0.25, 0.3) is 0 Å². The smallest absolute Gasteiger partial charge is 0.335 e. The van der Waals surface area contributed by atoms with Gasteiger partial charge >= 0.3 is 5.97 Å². The topological polar surface area (TPSA) is 38.8 Å². The van der Waals surface area contributed by atoms with E-state index >= 15 is 0 Å². The molecule has 0 aromatic heterocycles. The highest BCUT2D eigenvalue weighted by Crippen LogP contribution is 2.33. The number of nitrogens with zero attached hydrogens (tertiary/aromatic N) is 1. The van der Waals surface area contributed by atoms with Crippen LogP contribution >= 0.6 is 0 Å². The van der Waals surface area contributed by atoms with Crippen LogP contribution < -0.4 is 4.90 Å². The summed E-state index contributed by atoms with van der Waals surface area (Å²) in [5.41, 5.74) is 3.13. The number of esters is 1. The van der Waals surface area contributed by atoms with Crippen LogP contribution in [0, 0.1) is 0 Å². The second kappa shape index (κ2) is 6.31. The van der Waals surface area contributed by atoms with Crippen molar-refractivity contribution in [2.75, 3.05) is 24.7 Å². The van der Waals surface area contributed by atoms with Gasteiger partial charge in [-0.1, -0.05) is 18.2 Å². The number of anilines is 1. The maximum atomic E-state index is 12.1. The van der Waals surface area contributed by atoms with E-state index in [2.05, 4.69) is 17.0 Å². The highest BCUT2D eigenvalue weighted by atomic mass is 16.5. The number of hydrogen-bond donors (Lipinski definition) is 0. The van der Waals surface area contributed by atoms with E-state index in [-0.39, 0.29) is 5.97 Å². The minimum Gasteiger partial charge on any atom is -0.463 e. The van der Waals surface area contributed by atoms with Crippen LogP contribution in [-0.4, -0.2) is 31.8 Å². The molecule has 0 unspecified atom stereocenters. The second-order valence-corrected chi connectivity index (χ2v) is 5.43. The lowest BCUT2D eigenvalue weighted by Gasteiger charge is -2.37. The monoisotopic (exact) mass is 287 g/mol. The van der Waals surface area contributed by atoms with Gasteiger partial charge in [0.15, 0.2) is 0 Å². The van der Waals surface area contributed by atoms with Crippen molar-refractivity contribution in [2.24, 2.45) is 0 Å². The predicted octanol–water partition coefficient (Wildman–Crippen LogP) is 2.68. The summed E-state index contributed by atoms with van der Waals surface area (Å²) < 4.78 is 10.6. The summed E-state index contributed by atoms with van der Waals surface area (Å²) >= 11 is 0. The number of para-hydroxylation sites is 1. The molecule has 0 saturated carbocycles. The largest absolute Gasteiger partial charge is 0.463 e. The first-order chi connectivity index (χ1) is 10.3. The highest BCUT2D eigenvalue weighted by Gasteiger charge is 2.28. The average Bonchev–Trinajstić information content (AvgIpc) is 2.55. The molecule has 0 atom stereocenters. The van der Waals surface area contributed by atoms with Crippen LogP contribution in [0.4, 0.5) is 5.69 Å². The summed E-state index contributed by atoms with van der Waals surface area (Å²) in [6.07, 6.45) is 4.60. The van der Waals surface area contributed by atoms with Gasteiger partial charge in [0.05, 0.1) is 12.2 Å². The average molecular weight is 287 g/mol. The van der Waals surface area contributed by atoms with E-state index in [9.17, 15) is 4.79 Å². The molecule has 0 amide bonds. The molecule has 4 heteroatoms. The molecule has 1 aromatic rings. The number of rotatable bonds is 3. The lowest BCUT2D eigenvalue weighted by Crippen LogP contribution is -2.38. The molecule has 2 aliphatic rings. The zero-order valence-corrected chi connectivity index (χ0v) is 12.4. The third-order valence-electron chi connectivity index (χ3n) is 4.07. The Morgan fingerprint density at radius 1 is 1.33 bits per heavy atom. The fraction of sp³-hybridized carbons (Fsp3) is 0.471. The molecule has 21 heavy (non-hydrogen) atoms. The second-order valence-electron chi connectivity index (χ2n) is 5.43. The minimum absolute atomic E-state index is 0.205. The Morgan fingerprint density at radius 2 is 2.10 bits per heavy atom. The van der Waals surface area contributed by atoms with Gasteiger partial charge in [-0.3, -0.25) is 0 Å². The summed E-state index contributed by atoms with van der Waals surface area (Å²) in [4.78, 5) is 14.3. The van der Waals surface area contributed by atoms with Gasteiger partial charge in [-0.05, 0) is 31.4 Å². The van der Waals surface area contributed by atoms with Crippen LogP contribution in [0.2, 0.25) is 0 Å². The number of carbonyl (C=O) groups excluding carboxylic acids is 1. The van der Waals surface area contributed by atoms with Crippen LogP contribution in [0.5, 0.6) is 0 Å². The van der Waals surface area contributed by atoms with E-state index in [1.807, 2.05) is 25.3 Å². The zero-order valence-electron chi connectivity index (χ0n) is 12.4. The number of carbonyl (C=O) groups is 1. The Bertz CT molecular complexity index is 547. The molecule has 1 saturated heterocycles. The minimum atomic E-state index is -0.205. The molecule has 0 spiro atoms. The first-order valence-corrected chi connectivity index (χ1v) is 7.61. The van der Waals surface area contributed by atoms with Crippen molar-refractivity contribution in [2.45, 2.75) is 32.2 Å². The van der Waals surface area contributed by atoms with E-state index in [0.717, 1.165) is 31.6 Å². The quantitative estimate of drug-likeness (QED) is 0.801. The Morgan fingerprint density at radius 3 is 2.86 bits per heavy atom. The molecule has 0 aliphatic carbocycles. The molecule has 1 aromatic carbocycles. The molecule has 112 valence electrons. The lowest BCUT2D eigenvalue weighted by atomic mass is 9.96.